The molecule has 1 aliphatic rings. The minimum atomic E-state index is -5.16. The fourth-order valence-corrected chi connectivity index (χ4v) is 8.53. The van der Waals surface area contributed by atoms with Crippen molar-refractivity contribution >= 4 is 13.7 Å². The highest BCUT2D eigenvalue weighted by atomic mass is 31.2. The maximum Gasteiger partial charge on any atom is 0.472 e. The molecule has 0 aliphatic heterocycles. The third-order valence-electron chi connectivity index (χ3n) is 11.6. The quantitative estimate of drug-likeness (QED) is 0.0160. The maximum atomic E-state index is 13.0. The van der Waals surface area contributed by atoms with E-state index < -0.39 is 75.2 Å². The minimum Gasteiger partial charge on any atom is -0.393 e. The molecule has 14 heteroatoms. The van der Waals surface area contributed by atoms with Crippen LogP contribution in [0.3, 0.4) is 0 Å². The molecule has 1 fully saturated rings. The third kappa shape index (κ3) is 30.2. The van der Waals surface area contributed by atoms with E-state index >= 15 is 0 Å². The van der Waals surface area contributed by atoms with Crippen molar-refractivity contribution in [2.24, 2.45) is 0 Å². The number of amides is 1. The van der Waals surface area contributed by atoms with E-state index in [0.29, 0.717) is 19.3 Å². The molecule has 0 bridgehead atoms. The summed E-state index contributed by atoms with van der Waals surface area (Å²) in [7, 11) is -5.16. The number of phosphoric ester groups is 1. The molecule has 13 nitrogen and oxygen atoms in total. The van der Waals surface area contributed by atoms with Gasteiger partial charge in [0.2, 0.25) is 5.91 Å². The largest absolute Gasteiger partial charge is 0.472 e. The number of unbranched alkanes of at least 4 members (excludes halogenated alkanes) is 21. The SMILES string of the molecule is CCCCCCCCC/C=C\CCCCCC(O)CC(=O)NC(COP(=O)(O)OC1C(O)C(O)C(O)C(O)C1O)C(O)/C=C/CC/C=C/CC/C=C/CCCCCCCCCCC. The van der Waals surface area contributed by atoms with Crippen molar-refractivity contribution < 1.29 is 59.0 Å². The number of hydrogen-bond acceptors (Lipinski definition) is 11. The van der Waals surface area contributed by atoms with Crippen molar-refractivity contribution in [1.29, 1.82) is 0 Å². The molecule has 1 aliphatic carbocycles. The van der Waals surface area contributed by atoms with E-state index in [1.54, 1.807) is 6.08 Å². The summed E-state index contributed by atoms with van der Waals surface area (Å²) in [6.45, 7) is 3.72. The van der Waals surface area contributed by atoms with Crippen molar-refractivity contribution in [2.75, 3.05) is 6.61 Å². The van der Waals surface area contributed by atoms with E-state index in [4.69, 9.17) is 9.05 Å². The molecule has 0 aromatic heterocycles. The number of carbonyl (C=O) groups is 1. The molecule has 0 saturated heterocycles. The van der Waals surface area contributed by atoms with Gasteiger partial charge in [-0.05, 0) is 70.6 Å². The molecule has 1 amide bonds. The Morgan fingerprint density at radius 2 is 0.937 bits per heavy atom. The lowest BCUT2D eigenvalue weighted by atomic mass is 9.85. The normalized spacial score (nSPS) is 23.3. The van der Waals surface area contributed by atoms with Gasteiger partial charge >= 0.3 is 7.82 Å². The zero-order chi connectivity index (χ0) is 46.6. The molecule has 0 radical (unpaired) electrons. The van der Waals surface area contributed by atoms with Crippen molar-refractivity contribution in [3.8, 4) is 0 Å². The Balaban J connectivity index is 2.58. The molecule has 8 atom stereocenters. The number of aliphatic hydroxyl groups excluding tert-OH is 7. The Morgan fingerprint density at radius 3 is 1.40 bits per heavy atom. The van der Waals surface area contributed by atoms with Crippen LogP contribution in [-0.2, 0) is 18.4 Å². The summed E-state index contributed by atoms with van der Waals surface area (Å²) in [5.41, 5.74) is 0. The fourth-order valence-electron chi connectivity index (χ4n) is 7.56. The number of nitrogens with one attached hydrogen (secondary N) is 1. The van der Waals surface area contributed by atoms with Crippen LogP contribution in [0.1, 0.15) is 194 Å². The lowest BCUT2D eigenvalue weighted by Crippen LogP contribution is -2.64. The smallest absolute Gasteiger partial charge is 0.393 e. The number of aliphatic hydroxyl groups is 7. The van der Waals surface area contributed by atoms with E-state index in [1.165, 1.54) is 109 Å². The van der Waals surface area contributed by atoms with E-state index in [0.717, 1.165) is 51.4 Å². The molecule has 1 saturated carbocycles. The van der Waals surface area contributed by atoms with Gasteiger partial charge in [-0.15, -0.1) is 0 Å². The van der Waals surface area contributed by atoms with Gasteiger partial charge < -0.3 is 46.0 Å². The van der Waals surface area contributed by atoms with Gasteiger partial charge in [-0.25, -0.2) is 4.57 Å². The molecular formula is C49H90NO12P. The highest BCUT2D eigenvalue weighted by Crippen LogP contribution is 2.47. The summed E-state index contributed by atoms with van der Waals surface area (Å²) in [5.74, 6) is -0.617. The first-order valence-corrected chi connectivity index (χ1v) is 26.2. The van der Waals surface area contributed by atoms with Gasteiger partial charge in [0.05, 0.1) is 31.3 Å². The zero-order valence-corrected chi connectivity index (χ0v) is 39.9. The fraction of sp³-hybridized carbons (Fsp3) is 0.816. The van der Waals surface area contributed by atoms with Crippen LogP contribution in [0.4, 0.5) is 0 Å². The van der Waals surface area contributed by atoms with Crippen molar-refractivity contribution in [3.63, 3.8) is 0 Å². The van der Waals surface area contributed by atoms with Crippen molar-refractivity contribution in [3.05, 3.63) is 48.6 Å². The number of rotatable bonds is 40. The summed E-state index contributed by atoms with van der Waals surface area (Å²) in [6, 6.07) is -1.27. The Hall–Kier alpha value is -1.74. The van der Waals surface area contributed by atoms with Crippen LogP contribution >= 0.6 is 7.82 Å². The summed E-state index contributed by atoms with van der Waals surface area (Å²) >= 11 is 0. The number of hydrogen-bond donors (Lipinski definition) is 9. The number of carbonyl (C=O) groups excluding carboxylic acids is 1. The van der Waals surface area contributed by atoms with E-state index in [2.05, 4.69) is 55.6 Å². The summed E-state index contributed by atoms with van der Waals surface area (Å²) < 4.78 is 22.9. The molecule has 368 valence electrons. The molecule has 0 heterocycles. The van der Waals surface area contributed by atoms with Crippen LogP contribution in [0.25, 0.3) is 0 Å². The van der Waals surface area contributed by atoms with Crippen molar-refractivity contribution in [2.45, 2.75) is 249 Å². The average Bonchev–Trinajstić information content (AvgIpc) is 3.26. The third-order valence-corrected chi connectivity index (χ3v) is 12.6. The Kier molecular flexibility index (Phi) is 36.1. The highest BCUT2D eigenvalue weighted by molar-refractivity contribution is 7.47. The summed E-state index contributed by atoms with van der Waals surface area (Å²) in [6.07, 6.45) is 32.0. The van der Waals surface area contributed by atoms with Crippen LogP contribution < -0.4 is 5.32 Å². The molecule has 1 rings (SSSR count). The van der Waals surface area contributed by atoms with Crippen LogP contribution in [0.5, 0.6) is 0 Å². The van der Waals surface area contributed by atoms with Crippen LogP contribution in [-0.4, -0.2) is 108 Å². The van der Waals surface area contributed by atoms with Gasteiger partial charge in [0.1, 0.15) is 36.6 Å². The number of phosphoric acid groups is 1. The number of allylic oxidation sites excluding steroid dienone is 7. The first-order valence-electron chi connectivity index (χ1n) is 24.7. The first-order chi connectivity index (χ1) is 30.3. The molecule has 8 unspecified atom stereocenters. The minimum absolute atomic E-state index is 0.267. The average molecular weight is 916 g/mol. The van der Waals surface area contributed by atoms with Gasteiger partial charge in [0.15, 0.2) is 0 Å². The van der Waals surface area contributed by atoms with Gasteiger partial charge in [-0.2, -0.15) is 0 Å². The molecule has 0 aromatic rings. The molecule has 9 N–H and O–H groups in total. The van der Waals surface area contributed by atoms with E-state index in [-0.39, 0.29) is 6.42 Å². The van der Waals surface area contributed by atoms with Crippen LogP contribution in [0, 0.1) is 0 Å². The van der Waals surface area contributed by atoms with Crippen molar-refractivity contribution in [1.82, 2.24) is 5.32 Å². The van der Waals surface area contributed by atoms with Gasteiger partial charge in [-0.3, -0.25) is 13.8 Å². The molecule has 0 aromatic carbocycles. The maximum absolute atomic E-state index is 13.0. The van der Waals surface area contributed by atoms with E-state index in [1.807, 2.05) is 0 Å². The Labute approximate surface area is 380 Å². The summed E-state index contributed by atoms with van der Waals surface area (Å²) in [4.78, 5) is 23.5. The second-order valence-electron chi connectivity index (χ2n) is 17.5. The van der Waals surface area contributed by atoms with Gasteiger partial charge in [-0.1, -0.05) is 165 Å². The predicted molar refractivity (Wildman–Crippen MR) is 252 cm³/mol. The first kappa shape index (κ1) is 59.3. The van der Waals surface area contributed by atoms with E-state index in [9.17, 15) is 50.0 Å². The van der Waals surface area contributed by atoms with Gasteiger partial charge in [0, 0.05) is 0 Å². The Bertz CT molecular complexity index is 1260. The second-order valence-corrected chi connectivity index (χ2v) is 18.9. The van der Waals surface area contributed by atoms with Crippen LogP contribution in [0.2, 0.25) is 0 Å². The summed E-state index contributed by atoms with van der Waals surface area (Å²) in [5, 5.41) is 74.5. The lowest BCUT2D eigenvalue weighted by Gasteiger charge is -2.41. The molecular weight excluding hydrogens is 826 g/mol. The molecule has 63 heavy (non-hydrogen) atoms. The zero-order valence-electron chi connectivity index (χ0n) is 39.0. The topological polar surface area (TPSA) is 226 Å². The monoisotopic (exact) mass is 916 g/mol. The van der Waals surface area contributed by atoms with Crippen LogP contribution in [0.15, 0.2) is 48.6 Å². The second kappa shape index (κ2) is 38.4. The standard InChI is InChI=1S/C49H90NO12P/c1-3-5-7-9-11-13-15-17-19-20-21-22-23-25-27-29-31-33-35-37-42(52)41(39-61-63(59,60)62-49-47(57)45(55)44(54)46(56)48(49)58)50-43(53)38-40(51)36-34-32-30-28-26-24-18-16-14-12-10-8-6-4-2/h21-22,24,26-27,29,35,37,40-42,44-49,51-52,54-58H,3-20,23,25,28,30-34,36,38-39H2,1-2H3,(H,50,53)(H,59,60)/b22-21+,26-24-,29-27+,37-35+. The van der Waals surface area contributed by atoms with Gasteiger partial charge in [0.25, 0.3) is 0 Å². The predicted octanol–water partition coefficient (Wildman–Crippen LogP) is 8.70. The lowest BCUT2D eigenvalue weighted by molar-refractivity contribution is -0.220. The molecule has 0 spiro atoms. The highest BCUT2D eigenvalue weighted by Gasteiger charge is 2.51. The Morgan fingerprint density at radius 1 is 0.556 bits per heavy atom.